The lowest BCUT2D eigenvalue weighted by molar-refractivity contribution is -0.125. The Balaban J connectivity index is 3.31. The van der Waals surface area contributed by atoms with Gasteiger partial charge in [0.05, 0.1) is 0 Å². The van der Waals surface area contributed by atoms with Gasteiger partial charge in [0.1, 0.15) is 18.2 Å². The van der Waals surface area contributed by atoms with Crippen molar-refractivity contribution in [2.75, 3.05) is 20.3 Å². The molecule has 0 aliphatic heterocycles. The van der Waals surface area contributed by atoms with Crippen molar-refractivity contribution in [1.82, 2.24) is 5.32 Å². The van der Waals surface area contributed by atoms with Crippen molar-refractivity contribution in [1.29, 1.82) is 0 Å². The number of ether oxygens (including phenoxy) is 1. The molecule has 1 amide bonds. The summed E-state index contributed by atoms with van der Waals surface area (Å²) in [4.78, 5) is 33.2. The van der Waals surface area contributed by atoms with Crippen molar-refractivity contribution >= 4 is 17.5 Å². The van der Waals surface area contributed by atoms with Gasteiger partial charge in [0.2, 0.25) is 5.91 Å². The third-order valence-electron chi connectivity index (χ3n) is 2.71. The topological polar surface area (TPSA) is 72.5 Å². The molecule has 0 aliphatic rings. The van der Waals surface area contributed by atoms with E-state index in [4.69, 9.17) is 0 Å². The normalized spacial score (nSPS) is 10.2. The van der Waals surface area contributed by atoms with Crippen molar-refractivity contribution < 1.29 is 19.1 Å². The zero-order chi connectivity index (χ0) is 14.5. The van der Waals surface area contributed by atoms with Crippen molar-refractivity contribution in [3.63, 3.8) is 0 Å². The molecule has 110 valence electrons. The zero-order valence-corrected chi connectivity index (χ0v) is 12.0. The van der Waals surface area contributed by atoms with Crippen LogP contribution in [0.5, 0.6) is 0 Å². The van der Waals surface area contributed by atoms with Crippen molar-refractivity contribution in [3.05, 3.63) is 0 Å². The summed E-state index contributed by atoms with van der Waals surface area (Å²) in [5, 5.41) is 2.73. The van der Waals surface area contributed by atoms with Crippen molar-refractivity contribution in [2.45, 2.75) is 51.9 Å². The highest BCUT2D eigenvalue weighted by atomic mass is 16.5. The van der Waals surface area contributed by atoms with Crippen LogP contribution in [0.2, 0.25) is 0 Å². The van der Waals surface area contributed by atoms with Gasteiger partial charge in [-0.15, -0.1) is 0 Å². The number of hydrogen-bond acceptors (Lipinski definition) is 4. The zero-order valence-electron chi connectivity index (χ0n) is 12.0. The standard InChI is InChI=1S/C14H25NO4/c1-12(16)7-6-9-13(17)8-4-3-5-10-15-14(18)11-19-2/h3-11H2,1-2H3,(H,15,18). The summed E-state index contributed by atoms with van der Waals surface area (Å²) in [6.45, 7) is 2.26. The molecule has 0 radical (unpaired) electrons. The Bertz CT molecular complexity index is 289. The van der Waals surface area contributed by atoms with Gasteiger partial charge in [0, 0.05) is 32.9 Å². The van der Waals surface area contributed by atoms with Gasteiger partial charge in [-0.1, -0.05) is 6.42 Å². The summed E-state index contributed by atoms with van der Waals surface area (Å²) in [5.41, 5.74) is 0. The number of methoxy groups -OCH3 is 1. The van der Waals surface area contributed by atoms with Gasteiger partial charge in [-0.25, -0.2) is 0 Å². The van der Waals surface area contributed by atoms with E-state index in [-0.39, 0.29) is 24.1 Å². The minimum Gasteiger partial charge on any atom is -0.375 e. The van der Waals surface area contributed by atoms with E-state index in [1.807, 2.05) is 0 Å². The SMILES string of the molecule is COCC(=O)NCCCCCC(=O)CCCC(C)=O. The van der Waals surface area contributed by atoms with Gasteiger partial charge >= 0.3 is 0 Å². The van der Waals surface area contributed by atoms with E-state index in [1.54, 1.807) is 6.92 Å². The van der Waals surface area contributed by atoms with Crippen LogP contribution < -0.4 is 5.32 Å². The number of ketones is 2. The number of hydrogen-bond donors (Lipinski definition) is 1. The Morgan fingerprint density at radius 3 is 2.26 bits per heavy atom. The Morgan fingerprint density at radius 2 is 1.63 bits per heavy atom. The van der Waals surface area contributed by atoms with Crippen molar-refractivity contribution in [3.8, 4) is 0 Å². The van der Waals surface area contributed by atoms with Gasteiger partial charge in [0.15, 0.2) is 0 Å². The van der Waals surface area contributed by atoms with E-state index in [0.717, 1.165) is 19.3 Å². The summed E-state index contributed by atoms with van der Waals surface area (Å²) in [6.07, 6.45) is 4.88. The van der Waals surface area contributed by atoms with Crippen LogP contribution >= 0.6 is 0 Å². The molecule has 5 heteroatoms. The number of rotatable bonds is 12. The van der Waals surface area contributed by atoms with Gasteiger partial charge in [0.25, 0.3) is 0 Å². The first-order valence-corrected chi connectivity index (χ1v) is 6.83. The fraction of sp³-hybridized carbons (Fsp3) is 0.786. The Hall–Kier alpha value is -1.23. The van der Waals surface area contributed by atoms with Crippen LogP contribution in [0.15, 0.2) is 0 Å². The molecule has 19 heavy (non-hydrogen) atoms. The maximum absolute atomic E-state index is 11.5. The van der Waals surface area contributed by atoms with E-state index in [2.05, 4.69) is 10.1 Å². The highest BCUT2D eigenvalue weighted by Gasteiger charge is 2.03. The quantitative estimate of drug-likeness (QED) is 0.548. The van der Waals surface area contributed by atoms with E-state index in [0.29, 0.717) is 32.2 Å². The number of Topliss-reactive ketones (excluding diaryl/α,β-unsaturated/α-hetero) is 2. The number of amides is 1. The molecule has 0 aromatic carbocycles. The lowest BCUT2D eigenvalue weighted by atomic mass is 10.1. The predicted octanol–water partition coefficient (Wildman–Crippen LogP) is 1.64. The predicted molar refractivity (Wildman–Crippen MR) is 72.9 cm³/mol. The third kappa shape index (κ3) is 13.0. The molecule has 1 N–H and O–H groups in total. The Labute approximate surface area is 115 Å². The highest BCUT2D eigenvalue weighted by molar-refractivity contribution is 5.80. The van der Waals surface area contributed by atoms with Crippen LogP contribution in [-0.4, -0.2) is 37.7 Å². The second-order valence-corrected chi connectivity index (χ2v) is 4.69. The molecule has 0 atom stereocenters. The second-order valence-electron chi connectivity index (χ2n) is 4.69. The molecule has 0 spiro atoms. The second kappa shape index (κ2) is 11.8. The fourth-order valence-electron chi connectivity index (χ4n) is 1.69. The molecule has 0 saturated heterocycles. The average Bonchev–Trinajstić information content (AvgIpc) is 2.33. The lowest BCUT2D eigenvalue weighted by Crippen LogP contribution is -2.27. The van der Waals surface area contributed by atoms with E-state index in [9.17, 15) is 14.4 Å². The molecular formula is C14H25NO4. The molecule has 0 aromatic rings. The maximum atomic E-state index is 11.5. The minimum atomic E-state index is -0.109. The summed E-state index contributed by atoms with van der Waals surface area (Å²) in [5.74, 6) is 0.257. The summed E-state index contributed by atoms with van der Waals surface area (Å²) < 4.78 is 4.69. The van der Waals surface area contributed by atoms with Crippen LogP contribution in [0, 0.1) is 0 Å². The first kappa shape index (κ1) is 17.8. The van der Waals surface area contributed by atoms with Crippen molar-refractivity contribution in [2.24, 2.45) is 0 Å². The Morgan fingerprint density at radius 1 is 0.947 bits per heavy atom. The van der Waals surface area contributed by atoms with E-state index in [1.165, 1.54) is 7.11 Å². The number of nitrogens with one attached hydrogen (secondary N) is 1. The molecule has 0 aliphatic carbocycles. The minimum absolute atomic E-state index is 0.0919. The van der Waals surface area contributed by atoms with Gasteiger partial charge in [-0.05, 0) is 26.2 Å². The summed E-state index contributed by atoms with van der Waals surface area (Å²) >= 11 is 0. The first-order valence-electron chi connectivity index (χ1n) is 6.83. The largest absolute Gasteiger partial charge is 0.375 e. The molecule has 0 unspecified atom stereocenters. The van der Waals surface area contributed by atoms with E-state index < -0.39 is 0 Å². The molecule has 0 heterocycles. The average molecular weight is 271 g/mol. The highest BCUT2D eigenvalue weighted by Crippen LogP contribution is 2.05. The number of carbonyl (C=O) groups is 3. The molecule has 0 saturated carbocycles. The molecule has 0 bridgehead atoms. The van der Waals surface area contributed by atoms with E-state index >= 15 is 0 Å². The third-order valence-corrected chi connectivity index (χ3v) is 2.71. The molecule has 0 fully saturated rings. The first-order chi connectivity index (χ1) is 9.06. The molecular weight excluding hydrogens is 246 g/mol. The molecule has 0 rings (SSSR count). The van der Waals surface area contributed by atoms with Gasteiger partial charge in [-0.2, -0.15) is 0 Å². The summed E-state index contributed by atoms with van der Waals surface area (Å²) in [6, 6.07) is 0. The lowest BCUT2D eigenvalue weighted by Gasteiger charge is -2.04. The Kier molecular flexibility index (Phi) is 11.1. The van der Waals surface area contributed by atoms with Crippen LogP contribution in [-0.2, 0) is 19.1 Å². The van der Waals surface area contributed by atoms with Crippen LogP contribution in [0.3, 0.4) is 0 Å². The fourth-order valence-corrected chi connectivity index (χ4v) is 1.69. The monoisotopic (exact) mass is 271 g/mol. The van der Waals surface area contributed by atoms with Crippen LogP contribution in [0.25, 0.3) is 0 Å². The van der Waals surface area contributed by atoms with Gasteiger partial charge < -0.3 is 14.8 Å². The van der Waals surface area contributed by atoms with Crippen LogP contribution in [0.4, 0.5) is 0 Å². The van der Waals surface area contributed by atoms with Gasteiger partial charge in [-0.3, -0.25) is 9.59 Å². The number of unbranched alkanes of at least 4 members (excludes halogenated alkanes) is 2. The maximum Gasteiger partial charge on any atom is 0.245 e. The number of carbonyl (C=O) groups excluding carboxylic acids is 3. The summed E-state index contributed by atoms with van der Waals surface area (Å²) in [7, 11) is 1.48. The molecule has 5 nitrogen and oxygen atoms in total. The molecule has 0 aromatic heterocycles. The van der Waals surface area contributed by atoms with Crippen LogP contribution in [0.1, 0.15) is 51.9 Å². The smallest absolute Gasteiger partial charge is 0.245 e.